The molecular weight excluding hydrogens is 542 g/mol. The summed E-state index contributed by atoms with van der Waals surface area (Å²) in [5.74, 6) is 0.923. The molecule has 0 amide bonds. The van der Waals surface area contributed by atoms with E-state index in [2.05, 4.69) is 12.2 Å². The standard InChI is InChI=1S/C36H39NO6/c1-5-6-17-42-36(39)33-23(2)37-29-19-27(25-15-16-31(40-3)32(21-25)41-4)20-30(38)35(29)34(33)26-13-10-14-28(18-26)43-22-24-11-8-7-9-12-24/h7-16,18,21,27,34,37H,5-6,17,19-20,22H2,1-4H3/t27-,34+/m0/s1. The second kappa shape index (κ2) is 13.6. The third-order valence-electron chi connectivity index (χ3n) is 8.10. The third kappa shape index (κ3) is 6.61. The van der Waals surface area contributed by atoms with E-state index in [1.54, 1.807) is 14.2 Å². The number of dihydropyridines is 1. The molecule has 0 unspecified atom stereocenters. The summed E-state index contributed by atoms with van der Waals surface area (Å²) in [4.78, 5) is 27.6. The first-order chi connectivity index (χ1) is 20.9. The Morgan fingerprint density at radius 2 is 1.70 bits per heavy atom. The molecule has 3 aromatic rings. The Kier molecular flexibility index (Phi) is 9.50. The third-order valence-corrected chi connectivity index (χ3v) is 8.10. The van der Waals surface area contributed by atoms with E-state index in [0.29, 0.717) is 60.1 Å². The van der Waals surface area contributed by atoms with E-state index >= 15 is 0 Å². The molecule has 1 aliphatic carbocycles. The van der Waals surface area contributed by atoms with Crippen molar-refractivity contribution in [3.05, 3.63) is 112 Å². The molecule has 43 heavy (non-hydrogen) atoms. The number of unbranched alkanes of at least 4 members (excludes halogenated alkanes) is 1. The molecule has 0 spiro atoms. The predicted molar refractivity (Wildman–Crippen MR) is 165 cm³/mol. The normalized spacial score (nSPS) is 18.1. The summed E-state index contributed by atoms with van der Waals surface area (Å²) < 4.78 is 22.8. The highest BCUT2D eigenvalue weighted by molar-refractivity contribution is 6.04. The number of carbonyl (C=O) groups is 2. The zero-order chi connectivity index (χ0) is 30.3. The van der Waals surface area contributed by atoms with Gasteiger partial charge in [0, 0.05) is 29.3 Å². The highest BCUT2D eigenvalue weighted by atomic mass is 16.5. The van der Waals surface area contributed by atoms with Crippen molar-refractivity contribution in [3.8, 4) is 17.2 Å². The lowest BCUT2D eigenvalue weighted by Gasteiger charge is -2.37. The molecule has 0 aromatic heterocycles. The van der Waals surface area contributed by atoms with Gasteiger partial charge in [0.15, 0.2) is 17.3 Å². The van der Waals surface area contributed by atoms with Crippen LogP contribution in [0.3, 0.4) is 0 Å². The number of benzene rings is 3. The highest BCUT2D eigenvalue weighted by Gasteiger charge is 2.41. The van der Waals surface area contributed by atoms with Crippen LogP contribution in [0.2, 0.25) is 0 Å². The van der Waals surface area contributed by atoms with Gasteiger partial charge in [-0.2, -0.15) is 0 Å². The van der Waals surface area contributed by atoms with Gasteiger partial charge in [-0.3, -0.25) is 4.79 Å². The fourth-order valence-corrected chi connectivity index (χ4v) is 5.90. The number of allylic oxidation sites excluding steroid dienone is 3. The Morgan fingerprint density at radius 3 is 2.44 bits per heavy atom. The molecule has 0 fully saturated rings. The largest absolute Gasteiger partial charge is 0.493 e. The van der Waals surface area contributed by atoms with Crippen molar-refractivity contribution in [3.63, 3.8) is 0 Å². The van der Waals surface area contributed by atoms with Gasteiger partial charge in [-0.1, -0.05) is 61.9 Å². The summed E-state index contributed by atoms with van der Waals surface area (Å²) in [6.07, 6.45) is 2.62. The van der Waals surface area contributed by atoms with Gasteiger partial charge in [0.25, 0.3) is 0 Å². The predicted octanol–water partition coefficient (Wildman–Crippen LogP) is 6.99. The Balaban J connectivity index is 1.50. The summed E-state index contributed by atoms with van der Waals surface area (Å²) >= 11 is 0. The number of hydrogen-bond donors (Lipinski definition) is 1. The minimum absolute atomic E-state index is 0.000463. The van der Waals surface area contributed by atoms with E-state index < -0.39 is 11.9 Å². The summed E-state index contributed by atoms with van der Waals surface area (Å²) in [5.41, 5.74) is 5.48. The number of ketones is 1. The van der Waals surface area contributed by atoms with Crippen LogP contribution < -0.4 is 19.5 Å². The summed E-state index contributed by atoms with van der Waals surface area (Å²) in [6.45, 7) is 4.68. The van der Waals surface area contributed by atoms with Crippen LogP contribution >= 0.6 is 0 Å². The number of methoxy groups -OCH3 is 2. The van der Waals surface area contributed by atoms with Crippen LogP contribution in [0.1, 0.15) is 68.1 Å². The quantitative estimate of drug-likeness (QED) is 0.193. The average molecular weight is 582 g/mol. The molecule has 3 aromatic carbocycles. The Hall–Kier alpha value is -4.52. The van der Waals surface area contributed by atoms with E-state index in [1.807, 2.05) is 79.7 Å². The summed E-state index contributed by atoms with van der Waals surface area (Å²) in [5, 5.41) is 3.43. The van der Waals surface area contributed by atoms with Crippen molar-refractivity contribution in [2.24, 2.45) is 0 Å². The van der Waals surface area contributed by atoms with Crippen LogP contribution in [-0.2, 0) is 20.9 Å². The van der Waals surface area contributed by atoms with Gasteiger partial charge in [-0.15, -0.1) is 0 Å². The lowest BCUT2D eigenvalue weighted by molar-refractivity contribution is -0.139. The van der Waals surface area contributed by atoms with Gasteiger partial charge in [-0.05, 0) is 66.6 Å². The molecule has 0 bridgehead atoms. The summed E-state index contributed by atoms with van der Waals surface area (Å²) in [6, 6.07) is 23.4. The molecule has 224 valence electrons. The fraction of sp³-hybridized carbons (Fsp3) is 0.333. The fourth-order valence-electron chi connectivity index (χ4n) is 5.90. The monoisotopic (exact) mass is 581 g/mol. The first kappa shape index (κ1) is 30.0. The van der Waals surface area contributed by atoms with Crippen LogP contribution in [0.5, 0.6) is 17.2 Å². The van der Waals surface area contributed by atoms with Crippen molar-refractivity contribution < 1.29 is 28.5 Å². The van der Waals surface area contributed by atoms with Gasteiger partial charge in [-0.25, -0.2) is 4.79 Å². The molecule has 2 atom stereocenters. The van der Waals surface area contributed by atoms with Crippen LogP contribution in [0.15, 0.2) is 95.3 Å². The maximum atomic E-state index is 14.0. The first-order valence-electron chi connectivity index (χ1n) is 14.8. The minimum Gasteiger partial charge on any atom is -0.493 e. The lowest BCUT2D eigenvalue weighted by atomic mass is 9.71. The SMILES string of the molecule is CCCCOC(=O)C1=C(C)NC2=C(C(=O)C[C@@H](c3ccc(OC)c(OC)c3)C2)[C@@H]1c1cccc(OCc2ccccc2)c1. The van der Waals surface area contributed by atoms with Crippen molar-refractivity contribution in [2.75, 3.05) is 20.8 Å². The van der Waals surface area contributed by atoms with E-state index in [1.165, 1.54) is 0 Å². The second-order valence-electron chi connectivity index (χ2n) is 11.0. The topological polar surface area (TPSA) is 83.1 Å². The highest BCUT2D eigenvalue weighted by Crippen LogP contribution is 2.47. The van der Waals surface area contributed by atoms with Crippen molar-refractivity contribution >= 4 is 11.8 Å². The zero-order valence-electron chi connectivity index (χ0n) is 25.3. The number of carbonyl (C=O) groups excluding carboxylic acids is 2. The zero-order valence-corrected chi connectivity index (χ0v) is 25.3. The van der Waals surface area contributed by atoms with Crippen molar-refractivity contribution in [1.29, 1.82) is 0 Å². The molecule has 0 saturated heterocycles. The maximum absolute atomic E-state index is 14.0. The average Bonchev–Trinajstić information content (AvgIpc) is 3.03. The first-order valence-corrected chi connectivity index (χ1v) is 14.8. The number of ether oxygens (including phenoxy) is 4. The van der Waals surface area contributed by atoms with Gasteiger partial charge in [0.2, 0.25) is 0 Å². The Labute approximate surface area is 253 Å². The summed E-state index contributed by atoms with van der Waals surface area (Å²) in [7, 11) is 3.21. The van der Waals surface area contributed by atoms with E-state index in [-0.39, 0.29) is 11.7 Å². The molecule has 1 N–H and O–H groups in total. The van der Waals surface area contributed by atoms with Gasteiger partial charge in [0.05, 0.1) is 26.4 Å². The van der Waals surface area contributed by atoms with E-state index in [0.717, 1.165) is 35.2 Å². The van der Waals surface area contributed by atoms with Crippen molar-refractivity contribution in [2.45, 2.75) is 58.0 Å². The molecule has 0 saturated carbocycles. The number of Topliss-reactive ketones (excluding diaryl/α,β-unsaturated/α-hetero) is 1. The number of esters is 1. The Morgan fingerprint density at radius 1 is 0.907 bits per heavy atom. The second-order valence-corrected chi connectivity index (χ2v) is 11.0. The molecule has 5 rings (SSSR count). The lowest BCUT2D eigenvalue weighted by Crippen LogP contribution is -2.36. The molecule has 7 heteroatoms. The molecule has 1 heterocycles. The smallest absolute Gasteiger partial charge is 0.336 e. The molecular formula is C36H39NO6. The van der Waals surface area contributed by atoms with Crippen LogP contribution in [0.25, 0.3) is 0 Å². The molecule has 1 aliphatic heterocycles. The number of rotatable bonds is 11. The van der Waals surface area contributed by atoms with Gasteiger partial charge >= 0.3 is 5.97 Å². The van der Waals surface area contributed by atoms with Gasteiger partial charge in [0.1, 0.15) is 12.4 Å². The molecule has 7 nitrogen and oxygen atoms in total. The number of hydrogen-bond acceptors (Lipinski definition) is 7. The Bertz CT molecular complexity index is 1540. The van der Waals surface area contributed by atoms with E-state index in [4.69, 9.17) is 18.9 Å². The van der Waals surface area contributed by atoms with E-state index in [9.17, 15) is 9.59 Å². The molecule has 2 aliphatic rings. The van der Waals surface area contributed by atoms with Crippen molar-refractivity contribution in [1.82, 2.24) is 5.32 Å². The molecule has 0 radical (unpaired) electrons. The van der Waals surface area contributed by atoms with Crippen LogP contribution in [-0.4, -0.2) is 32.6 Å². The van der Waals surface area contributed by atoms with Gasteiger partial charge < -0.3 is 24.3 Å². The van der Waals surface area contributed by atoms with Crippen LogP contribution in [0.4, 0.5) is 0 Å². The van der Waals surface area contributed by atoms with Crippen LogP contribution in [0, 0.1) is 0 Å². The minimum atomic E-state index is -0.565. The maximum Gasteiger partial charge on any atom is 0.336 e. The number of nitrogens with one attached hydrogen (secondary N) is 1.